The maximum absolute atomic E-state index is 4.98. The summed E-state index contributed by atoms with van der Waals surface area (Å²) in [6.45, 7) is 2.88. The third kappa shape index (κ3) is 6.43. The summed E-state index contributed by atoms with van der Waals surface area (Å²) in [5.41, 5.74) is 2.21. The molecule has 0 unspecified atom stereocenters. The van der Waals surface area contributed by atoms with Crippen LogP contribution in [-0.2, 0) is 5.75 Å². The van der Waals surface area contributed by atoms with Gasteiger partial charge in [0.15, 0.2) is 5.11 Å². The van der Waals surface area contributed by atoms with Crippen LogP contribution in [-0.4, -0.2) is 34.7 Å². The summed E-state index contributed by atoms with van der Waals surface area (Å²) in [5, 5.41) is 14.6. The van der Waals surface area contributed by atoms with Gasteiger partial charge in [-0.3, -0.25) is 0 Å². The largest absolute Gasteiger partial charge is 0.366 e. The fourth-order valence-corrected chi connectivity index (χ4v) is 2.25. The van der Waals surface area contributed by atoms with Gasteiger partial charge in [0.2, 0.25) is 0 Å². The van der Waals surface area contributed by atoms with Gasteiger partial charge in [0.05, 0.1) is 11.9 Å². The predicted molar refractivity (Wildman–Crippen MR) is 77.2 cm³/mol. The Morgan fingerprint density at radius 2 is 2.35 bits per heavy atom. The number of aryl methyl sites for hydroxylation is 1. The van der Waals surface area contributed by atoms with Crippen LogP contribution in [0.2, 0.25) is 0 Å². The zero-order valence-electron chi connectivity index (χ0n) is 10.2. The van der Waals surface area contributed by atoms with Crippen molar-refractivity contribution in [1.29, 1.82) is 0 Å². The number of hydrogen-bond donors (Lipinski definition) is 2. The maximum atomic E-state index is 4.98. The van der Waals surface area contributed by atoms with Gasteiger partial charge >= 0.3 is 0 Å². The number of thiocarbonyl (C=S) groups is 1. The van der Waals surface area contributed by atoms with Crippen LogP contribution in [0.3, 0.4) is 0 Å². The van der Waals surface area contributed by atoms with E-state index in [1.54, 1.807) is 0 Å². The van der Waals surface area contributed by atoms with Crippen molar-refractivity contribution in [3.63, 3.8) is 0 Å². The Bertz CT molecular complexity index is 357. The van der Waals surface area contributed by atoms with Crippen molar-refractivity contribution in [2.75, 3.05) is 19.3 Å². The molecule has 0 fully saturated rings. The van der Waals surface area contributed by atoms with Crippen LogP contribution in [0, 0.1) is 6.92 Å². The monoisotopic (exact) mass is 270 g/mol. The van der Waals surface area contributed by atoms with E-state index in [2.05, 4.69) is 26.9 Å². The van der Waals surface area contributed by atoms with E-state index < -0.39 is 0 Å². The van der Waals surface area contributed by atoms with E-state index in [0.717, 1.165) is 30.2 Å². The smallest absolute Gasteiger partial charge is 0.166 e. The minimum atomic E-state index is 0.712. The molecule has 2 N–H and O–H groups in total. The number of nitrogens with zero attached hydrogens (tertiary/aromatic N) is 2. The molecular formula is C11H18N4S2. The molecule has 4 nitrogen and oxygen atoms in total. The van der Waals surface area contributed by atoms with Crippen LogP contribution in [0.4, 0.5) is 0 Å². The molecule has 1 rings (SSSR count). The number of hydrogen-bond acceptors (Lipinski definition) is 4. The zero-order valence-corrected chi connectivity index (χ0v) is 11.8. The highest BCUT2D eigenvalue weighted by molar-refractivity contribution is 7.98. The molecule has 0 aromatic carbocycles. The van der Waals surface area contributed by atoms with Gasteiger partial charge in [-0.15, -0.1) is 0 Å². The second kappa shape index (κ2) is 8.25. The third-order valence-electron chi connectivity index (χ3n) is 2.08. The van der Waals surface area contributed by atoms with Crippen LogP contribution in [0.15, 0.2) is 12.3 Å². The van der Waals surface area contributed by atoms with E-state index in [0.29, 0.717) is 5.11 Å². The van der Waals surface area contributed by atoms with Gasteiger partial charge in [0, 0.05) is 19.3 Å². The molecule has 0 atom stereocenters. The lowest BCUT2D eigenvalue weighted by Crippen LogP contribution is -2.33. The first-order chi connectivity index (χ1) is 8.22. The van der Waals surface area contributed by atoms with E-state index >= 15 is 0 Å². The Morgan fingerprint density at radius 3 is 3.06 bits per heavy atom. The SMILES string of the molecule is CNC(=S)NCCCSCc1cnnc(C)c1. The zero-order chi connectivity index (χ0) is 12.5. The first-order valence-electron chi connectivity index (χ1n) is 5.54. The fourth-order valence-electron chi connectivity index (χ4n) is 1.26. The molecule has 0 amide bonds. The van der Waals surface area contributed by atoms with Crippen molar-refractivity contribution in [1.82, 2.24) is 20.8 Å². The summed E-state index contributed by atoms with van der Waals surface area (Å²) >= 11 is 6.88. The molecule has 0 saturated carbocycles. The van der Waals surface area contributed by atoms with Crippen molar-refractivity contribution < 1.29 is 0 Å². The van der Waals surface area contributed by atoms with Gasteiger partial charge in [0.25, 0.3) is 0 Å². The van der Waals surface area contributed by atoms with Gasteiger partial charge in [-0.2, -0.15) is 22.0 Å². The minimum Gasteiger partial charge on any atom is -0.366 e. The molecule has 1 aromatic rings. The number of nitrogens with one attached hydrogen (secondary N) is 2. The molecular weight excluding hydrogens is 252 g/mol. The normalized spacial score (nSPS) is 10.0. The average molecular weight is 270 g/mol. The Morgan fingerprint density at radius 1 is 1.53 bits per heavy atom. The van der Waals surface area contributed by atoms with Crippen molar-refractivity contribution in [2.45, 2.75) is 19.1 Å². The summed E-state index contributed by atoms with van der Waals surface area (Å²) in [6.07, 6.45) is 2.93. The summed E-state index contributed by atoms with van der Waals surface area (Å²) in [6, 6.07) is 2.08. The quantitative estimate of drug-likeness (QED) is 0.603. The van der Waals surface area contributed by atoms with Crippen molar-refractivity contribution in [3.05, 3.63) is 23.5 Å². The number of rotatable bonds is 6. The van der Waals surface area contributed by atoms with Crippen molar-refractivity contribution in [3.8, 4) is 0 Å². The fraction of sp³-hybridized carbons (Fsp3) is 0.545. The van der Waals surface area contributed by atoms with Crippen LogP contribution >= 0.6 is 24.0 Å². The highest BCUT2D eigenvalue weighted by Crippen LogP contribution is 2.11. The third-order valence-corrected chi connectivity index (χ3v) is 3.54. The van der Waals surface area contributed by atoms with Crippen LogP contribution < -0.4 is 10.6 Å². The molecule has 0 aliphatic heterocycles. The lowest BCUT2D eigenvalue weighted by atomic mass is 10.3. The highest BCUT2D eigenvalue weighted by Gasteiger charge is 1.96. The first-order valence-corrected chi connectivity index (χ1v) is 7.10. The summed E-state index contributed by atoms with van der Waals surface area (Å²) in [7, 11) is 1.82. The Labute approximate surface area is 112 Å². The molecule has 0 aliphatic carbocycles. The van der Waals surface area contributed by atoms with Crippen LogP contribution in [0.25, 0.3) is 0 Å². The van der Waals surface area contributed by atoms with Crippen molar-refractivity contribution >= 4 is 29.1 Å². The van der Waals surface area contributed by atoms with E-state index in [9.17, 15) is 0 Å². The van der Waals surface area contributed by atoms with Gasteiger partial charge in [-0.1, -0.05) is 0 Å². The Kier molecular flexibility index (Phi) is 6.88. The van der Waals surface area contributed by atoms with Crippen LogP contribution in [0.5, 0.6) is 0 Å². The molecule has 0 radical (unpaired) electrons. The average Bonchev–Trinajstić information content (AvgIpc) is 2.33. The molecule has 94 valence electrons. The lowest BCUT2D eigenvalue weighted by molar-refractivity contribution is 0.834. The summed E-state index contributed by atoms with van der Waals surface area (Å²) < 4.78 is 0. The molecule has 17 heavy (non-hydrogen) atoms. The lowest BCUT2D eigenvalue weighted by Gasteiger charge is -2.06. The van der Waals surface area contributed by atoms with Gasteiger partial charge in [-0.25, -0.2) is 0 Å². The Hall–Kier alpha value is -0.880. The van der Waals surface area contributed by atoms with Gasteiger partial charge in [0.1, 0.15) is 0 Å². The second-order valence-electron chi connectivity index (χ2n) is 3.62. The second-order valence-corrected chi connectivity index (χ2v) is 5.13. The molecule has 0 aliphatic rings. The van der Waals surface area contributed by atoms with E-state index in [4.69, 9.17) is 12.2 Å². The van der Waals surface area contributed by atoms with E-state index in [1.165, 1.54) is 5.56 Å². The molecule has 1 aromatic heterocycles. The van der Waals surface area contributed by atoms with Gasteiger partial charge < -0.3 is 10.6 Å². The first kappa shape index (κ1) is 14.2. The predicted octanol–water partition coefficient (Wildman–Crippen LogP) is 1.50. The molecule has 0 spiro atoms. The van der Waals surface area contributed by atoms with Crippen LogP contribution in [0.1, 0.15) is 17.7 Å². The number of aromatic nitrogens is 2. The molecule has 0 bridgehead atoms. The maximum Gasteiger partial charge on any atom is 0.166 e. The van der Waals surface area contributed by atoms with E-state index in [1.807, 2.05) is 31.9 Å². The van der Waals surface area contributed by atoms with Crippen molar-refractivity contribution in [2.24, 2.45) is 0 Å². The molecule has 1 heterocycles. The number of thioether (sulfide) groups is 1. The van der Waals surface area contributed by atoms with E-state index in [-0.39, 0.29) is 0 Å². The van der Waals surface area contributed by atoms with Gasteiger partial charge in [-0.05, 0) is 42.9 Å². The molecule has 0 saturated heterocycles. The molecule has 6 heteroatoms. The highest BCUT2D eigenvalue weighted by atomic mass is 32.2. The summed E-state index contributed by atoms with van der Waals surface area (Å²) in [4.78, 5) is 0. The topological polar surface area (TPSA) is 49.8 Å². The summed E-state index contributed by atoms with van der Waals surface area (Å²) in [5.74, 6) is 2.10. The minimum absolute atomic E-state index is 0.712. The standard InChI is InChI=1S/C11H18N4S2/c1-9-6-10(7-14-15-9)8-17-5-3-4-13-11(16)12-2/h6-7H,3-5,8H2,1-2H3,(H2,12,13,16). The Balaban J connectivity index is 2.06.